The van der Waals surface area contributed by atoms with Crippen LogP contribution >= 0.6 is 0 Å². The van der Waals surface area contributed by atoms with Gasteiger partial charge in [0.15, 0.2) is 0 Å². The molecule has 0 saturated carbocycles. The lowest BCUT2D eigenvalue weighted by molar-refractivity contribution is 1.02. The summed E-state index contributed by atoms with van der Waals surface area (Å²) in [7, 11) is 4.02. The molecule has 0 aliphatic rings. The van der Waals surface area contributed by atoms with Gasteiger partial charge in [0.2, 0.25) is 0 Å². The zero-order valence-corrected chi connectivity index (χ0v) is 11.1. The summed E-state index contributed by atoms with van der Waals surface area (Å²) in [6.45, 7) is 3.84. The summed E-state index contributed by atoms with van der Waals surface area (Å²) >= 11 is 0. The van der Waals surface area contributed by atoms with Crippen LogP contribution in [0.4, 0.5) is 17.1 Å². The van der Waals surface area contributed by atoms with Gasteiger partial charge in [0.25, 0.3) is 0 Å². The van der Waals surface area contributed by atoms with Gasteiger partial charge in [0.1, 0.15) is 5.69 Å². The summed E-state index contributed by atoms with van der Waals surface area (Å²) in [5.41, 5.74) is 4.58. The third-order valence-corrected chi connectivity index (χ3v) is 2.72. The van der Waals surface area contributed by atoms with Crippen molar-refractivity contribution in [3.05, 3.63) is 35.7 Å². The number of hydrogen-bond donors (Lipinski definition) is 1. The first-order chi connectivity index (χ1) is 8.58. The Balaban J connectivity index is 2.19. The third-order valence-electron chi connectivity index (χ3n) is 2.72. The topological polar surface area (TPSA) is 56.6 Å². The molecule has 94 valence electrons. The van der Waals surface area contributed by atoms with E-state index in [-0.39, 0.29) is 0 Å². The average molecular weight is 243 g/mol. The molecule has 0 unspecified atom stereocenters. The van der Waals surface area contributed by atoms with E-state index in [1.807, 2.05) is 57.1 Å². The zero-order chi connectivity index (χ0) is 13.1. The minimum absolute atomic E-state index is 0.812. The number of hydrogen-bond acceptors (Lipinski definition) is 4. The van der Waals surface area contributed by atoms with E-state index in [1.165, 1.54) is 0 Å². The van der Waals surface area contributed by atoms with Gasteiger partial charge in [-0.15, -0.1) is 5.11 Å². The van der Waals surface area contributed by atoms with Crippen LogP contribution in [0.25, 0.3) is 0 Å². The number of aryl methyl sites for hydroxylation is 2. The quantitative estimate of drug-likeness (QED) is 0.839. The molecule has 1 aromatic heterocycles. The maximum Gasteiger partial charge on any atom is 0.129 e. The highest BCUT2D eigenvalue weighted by Crippen LogP contribution is 2.24. The Morgan fingerprint density at radius 2 is 1.72 bits per heavy atom. The minimum atomic E-state index is 0.812. The van der Waals surface area contributed by atoms with Gasteiger partial charge in [0.05, 0.1) is 17.1 Å². The van der Waals surface area contributed by atoms with E-state index in [0.717, 1.165) is 28.5 Å². The Kier molecular flexibility index (Phi) is 3.41. The highest BCUT2D eigenvalue weighted by Gasteiger charge is 2.04. The van der Waals surface area contributed by atoms with Gasteiger partial charge in [-0.2, -0.15) is 10.2 Å². The minimum Gasteiger partial charge on any atom is -0.378 e. The molecular weight excluding hydrogens is 226 g/mol. The number of anilines is 1. The third kappa shape index (κ3) is 2.56. The van der Waals surface area contributed by atoms with Gasteiger partial charge >= 0.3 is 0 Å². The van der Waals surface area contributed by atoms with Crippen molar-refractivity contribution in [1.82, 2.24) is 10.2 Å². The number of aromatic nitrogens is 2. The SMILES string of the molecule is Cc1n[nH]c(C)c1N=Nc1ccc(N(C)C)cc1. The van der Waals surface area contributed by atoms with Gasteiger partial charge in [-0.1, -0.05) is 0 Å². The molecule has 0 atom stereocenters. The lowest BCUT2D eigenvalue weighted by Crippen LogP contribution is -2.07. The number of H-pyrrole nitrogens is 1. The molecule has 0 fully saturated rings. The highest BCUT2D eigenvalue weighted by atomic mass is 15.2. The largest absolute Gasteiger partial charge is 0.378 e. The lowest BCUT2D eigenvalue weighted by atomic mass is 10.3. The van der Waals surface area contributed by atoms with Crippen molar-refractivity contribution < 1.29 is 0 Å². The molecule has 1 N–H and O–H groups in total. The van der Waals surface area contributed by atoms with Crippen LogP contribution in [0.15, 0.2) is 34.5 Å². The van der Waals surface area contributed by atoms with Crippen LogP contribution < -0.4 is 4.90 Å². The summed E-state index contributed by atoms with van der Waals surface area (Å²) in [4.78, 5) is 2.05. The monoisotopic (exact) mass is 243 g/mol. The highest BCUT2D eigenvalue weighted by molar-refractivity contribution is 5.52. The van der Waals surface area contributed by atoms with Crippen LogP contribution in [-0.2, 0) is 0 Å². The maximum absolute atomic E-state index is 4.23. The molecule has 5 heteroatoms. The molecule has 2 aromatic rings. The number of azo groups is 1. The van der Waals surface area contributed by atoms with Gasteiger partial charge in [0, 0.05) is 19.8 Å². The molecule has 0 aliphatic carbocycles. The maximum atomic E-state index is 4.23. The van der Waals surface area contributed by atoms with Crippen LogP contribution in [0.5, 0.6) is 0 Å². The molecule has 1 heterocycles. The second kappa shape index (κ2) is 5.00. The predicted octanol–water partition coefficient (Wildman–Crippen LogP) is 3.51. The van der Waals surface area contributed by atoms with E-state index >= 15 is 0 Å². The van der Waals surface area contributed by atoms with E-state index in [0.29, 0.717) is 0 Å². The first-order valence-corrected chi connectivity index (χ1v) is 5.78. The number of nitrogens with one attached hydrogen (secondary N) is 1. The summed E-state index contributed by atoms with van der Waals surface area (Å²) in [6.07, 6.45) is 0. The van der Waals surface area contributed by atoms with Crippen LogP contribution in [0.2, 0.25) is 0 Å². The second-order valence-corrected chi connectivity index (χ2v) is 4.39. The standard InChI is InChI=1S/C13H17N5/c1-9-13(10(2)15-14-9)17-16-11-5-7-12(8-6-11)18(3)4/h5-8H,1-4H3,(H,14,15). The van der Waals surface area contributed by atoms with Crippen LogP contribution in [0, 0.1) is 13.8 Å². The molecule has 0 saturated heterocycles. The lowest BCUT2D eigenvalue weighted by Gasteiger charge is -2.11. The van der Waals surface area contributed by atoms with Gasteiger partial charge in [-0.05, 0) is 38.1 Å². The second-order valence-electron chi connectivity index (χ2n) is 4.39. The van der Waals surface area contributed by atoms with Gasteiger partial charge in [-0.3, -0.25) is 5.10 Å². The molecule has 0 aliphatic heterocycles. The molecular formula is C13H17N5. The Labute approximate surface area is 107 Å². The van der Waals surface area contributed by atoms with E-state index in [9.17, 15) is 0 Å². The van der Waals surface area contributed by atoms with Crippen LogP contribution in [0.1, 0.15) is 11.4 Å². The molecule has 2 rings (SSSR count). The summed E-state index contributed by atoms with van der Waals surface area (Å²) in [5.74, 6) is 0. The molecule has 0 spiro atoms. The van der Waals surface area contributed by atoms with E-state index in [4.69, 9.17) is 0 Å². The van der Waals surface area contributed by atoms with E-state index < -0.39 is 0 Å². The van der Waals surface area contributed by atoms with Crippen molar-refractivity contribution in [2.45, 2.75) is 13.8 Å². The predicted molar refractivity (Wildman–Crippen MR) is 73.0 cm³/mol. The van der Waals surface area contributed by atoms with Crippen molar-refractivity contribution in [2.24, 2.45) is 10.2 Å². The Bertz CT molecular complexity index is 532. The first-order valence-electron chi connectivity index (χ1n) is 5.78. The summed E-state index contributed by atoms with van der Waals surface area (Å²) in [5, 5.41) is 15.4. The number of nitrogens with zero attached hydrogens (tertiary/aromatic N) is 4. The summed E-state index contributed by atoms with van der Waals surface area (Å²) in [6, 6.07) is 7.93. The number of rotatable bonds is 3. The van der Waals surface area contributed by atoms with Gasteiger partial charge < -0.3 is 4.90 Å². The fourth-order valence-electron chi connectivity index (χ4n) is 1.62. The van der Waals surface area contributed by atoms with E-state index in [2.05, 4.69) is 20.4 Å². The van der Waals surface area contributed by atoms with Crippen molar-refractivity contribution in [2.75, 3.05) is 19.0 Å². The van der Waals surface area contributed by atoms with Crippen molar-refractivity contribution in [1.29, 1.82) is 0 Å². The van der Waals surface area contributed by atoms with Gasteiger partial charge in [-0.25, -0.2) is 0 Å². The molecule has 0 amide bonds. The molecule has 0 radical (unpaired) electrons. The Hall–Kier alpha value is -2.17. The van der Waals surface area contributed by atoms with Crippen LogP contribution in [0.3, 0.4) is 0 Å². The normalized spacial score (nSPS) is 11.1. The van der Waals surface area contributed by atoms with Crippen molar-refractivity contribution >= 4 is 17.1 Å². The number of benzene rings is 1. The first kappa shape index (κ1) is 12.3. The fraction of sp³-hybridized carbons (Fsp3) is 0.308. The summed E-state index contributed by atoms with van der Waals surface area (Å²) < 4.78 is 0. The fourth-order valence-corrected chi connectivity index (χ4v) is 1.62. The molecule has 0 bridgehead atoms. The average Bonchev–Trinajstić information content (AvgIpc) is 2.67. The van der Waals surface area contributed by atoms with Crippen molar-refractivity contribution in [3.8, 4) is 0 Å². The Morgan fingerprint density at radius 3 is 2.22 bits per heavy atom. The molecule has 18 heavy (non-hydrogen) atoms. The van der Waals surface area contributed by atoms with Crippen LogP contribution in [-0.4, -0.2) is 24.3 Å². The molecule has 1 aromatic carbocycles. The number of aromatic amines is 1. The Morgan fingerprint density at radius 1 is 1.06 bits per heavy atom. The van der Waals surface area contributed by atoms with Crippen molar-refractivity contribution in [3.63, 3.8) is 0 Å². The zero-order valence-electron chi connectivity index (χ0n) is 11.1. The smallest absolute Gasteiger partial charge is 0.129 e. The van der Waals surface area contributed by atoms with E-state index in [1.54, 1.807) is 0 Å². The molecule has 5 nitrogen and oxygen atoms in total.